The number of rotatable bonds is 11. The highest BCUT2D eigenvalue weighted by Crippen LogP contribution is 2.39. The average Bonchev–Trinajstić information content (AvgIpc) is 3.57. The highest BCUT2D eigenvalue weighted by molar-refractivity contribution is 5.89. The lowest BCUT2D eigenvalue weighted by Crippen LogP contribution is -2.52. The van der Waals surface area contributed by atoms with Gasteiger partial charge in [-0.05, 0) is 66.3 Å². The molecule has 3 aromatic carbocycles. The maximum atomic E-state index is 13.6. The number of aliphatic hydroxyl groups excluding tert-OH is 1. The molecule has 4 N–H and O–H groups in total. The van der Waals surface area contributed by atoms with Gasteiger partial charge in [-0.1, -0.05) is 48.5 Å². The van der Waals surface area contributed by atoms with Crippen LogP contribution in [0.2, 0.25) is 0 Å². The molecule has 1 fully saturated rings. The Bertz CT molecular complexity index is 1950. The van der Waals surface area contributed by atoms with E-state index in [1.165, 1.54) is 19.2 Å². The smallest absolute Gasteiger partial charge is 0.334 e. The predicted molar refractivity (Wildman–Crippen MR) is 186 cm³/mol. The van der Waals surface area contributed by atoms with Crippen LogP contribution in [-0.2, 0) is 32.0 Å². The number of nitrogens with one attached hydrogen (secondary N) is 2. The third kappa shape index (κ3) is 7.52. The molecule has 1 atom stereocenters. The first-order valence-electron chi connectivity index (χ1n) is 16.6. The van der Waals surface area contributed by atoms with E-state index in [-0.39, 0.29) is 42.8 Å². The molecule has 11 heteroatoms. The number of aromatic hydroxyl groups is 1. The molecule has 0 spiro atoms. The number of fused-ring (bicyclic) bond motifs is 1. The van der Waals surface area contributed by atoms with E-state index in [2.05, 4.69) is 20.0 Å². The number of carbonyl (C=O) groups is 3. The van der Waals surface area contributed by atoms with Crippen LogP contribution in [0.3, 0.4) is 0 Å². The van der Waals surface area contributed by atoms with Crippen LogP contribution in [0.5, 0.6) is 5.75 Å². The molecule has 50 heavy (non-hydrogen) atoms. The molecule has 6 rings (SSSR count). The Hall–Kier alpha value is -5.55. The number of amides is 2. The number of hydrogen-bond donors (Lipinski definition) is 4. The number of aliphatic hydroxyl groups is 1. The Morgan fingerprint density at radius 2 is 1.70 bits per heavy atom. The number of hydrogen-bond acceptors (Lipinski definition) is 7. The molecule has 1 saturated heterocycles. The van der Waals surface area contributed by atoms with Crippen molar-refractivity contribution in [1.29, 1.82) is 0 Å². The summed E-state index contributed by atoms with van der Waals surface area (Å²) in [4.78, 5) is 47.8. The van der Waals surface area contributed by atoms with E-state index in [4.69, 9.17) is 0 Å². The van der Waals surface area contributed by atoms with Gasteiger partial charge in [0.25, 0.3) is 0 Å². The zero-order valence-electron chi connectivity index (χ0n) is 27.7. The number of ether oxygens (including phenoxy) is 1. The number of esters is 1. The van der Waals surface area contributed by atoms with Gasteiger partial charge in [0, 0.05) is 48.8 Å². The first-order valence-corrected chi connectivity index (χ1v) is 16.6. The quantitative estimate of drug-likeness (QED) is 0.141. The summed E-state index contributed by atoms with van der Waals surface area (Å²) in [5, 5.41) is 25.0. The van der Waals surface area contributed by atoms with Crippen molar-refractivity contribution in [2.24, 2.45) is 5.41 Å². The summed E-state index contributed by atoms with van der Waals surface area (Å²) in [6.45, 7) is 0.795. The molecule has 258 valence electrons. The lowest BCUT2D eigenvalue weighted by molar-refractivity contribution is -0.150. The molecule has 5 aromatic rings. The SMILES string of the molecule is COC(=O)[C@@H](O)CCNC(=O)C1(Cc2ccc(F)cc2)CCN(C(=O)Cc2ccc(-c3cccc(-c4cc5ccncc5[nH]4)c3O)cc2)CC1. The number of aromatic amines is 1. The molecule has 10 nitrogen and oxygen atoms in total. The Morgan fingerprint density at radius 1 is 1.00 bits per heavy atom. The number of para-hydroxylation sites is 1. The first-order chi connectivity index (χ1) is 24.2. The lowest BCUT2D eigenvalue weighted by Gasteiger charge is -2.41. The van der Waals surface area contributed by atoms with Crippen molar-refractivity contribution in [1.82, 2.24) is 20.2 Å². The van der Waals surface area contributed by atoms with Crippen molar-refractivity contribution in [2.75, 3.05) is 26.7 Å². The molecule has 1 aliphatic heterocycles. The molecule has 0 unspecified atom stereocenters. The summed E-state index contributed by atoms with van der Waals surface area (Å²) in [6.07, 6.45) is 3.44. The summed E-state index contributed by atoms with van der Waals surface area (Å²) in [7, 11) is 1.18. The fourth-order valence-corrected chi connectivity index (χ4v) is 6.62. The van der Waals surface area contributed by atoms with Crippen molar-refractivity contribution in [3.63, 3.8) is 0 Å². The minimum absolute atomic E-state index is 0.00148. The van der Waals surface area contributed by atoms with E-state index in [1.54, 1.807) is 29.4 Å². The normalized spacial score (nSPS) is 14.7. The number of carbonyl (C=O) groups excluding carboxylic acids is 3. The zero-order chi connectivity index (χ0) is 35.3. The summed E-state index contributed by atoms with van der Waals surface area (Å²) >= 11 is 0. The van der Waals surface area contributed by atoms with Gasteiger partial charge in [-0.2, -0.15) is 0 Å². The zero-order valence-corrected chi connectivity index (χ0v) is 27.7. The van der Waals surface area contributed by atoms with Crippen LogP contribution in [0.1, 0.15) is 30.4 Å². The Labute approximate surface area is 288 Å². The van der Waals surface area contributed by atoms with E-state index in [1.807, 2.05) is 54.6 Å². The standard InChI is InChI=1S/C39H39FN4O6/c1-50-37(48)34(45)14-18-42-38(49)39(23-26-7-11-29(40)12-8-26)15-19-44(20-16-39)35(46)21-25-5-9-27(10-6-25)30-3-2-4-31(36(30)47)32-22-28-13-17-41-24-33(28)43-32/h2-13,17,22,24,34,43,45,47H,14-16,18-21,23H2,1H3,(H,42,49)/t34-/m0/s1. The number of piperidine rings is 1. The molecule has 1 aliphatic rings. The van der Waals surface area contributed by atoms with Crippen LogP contribution >= 0.6 is 0 Å². The minimum Gasteiger partial charge on any atom is -0.507 e. The topological polar surface area (TPSA) is 145 Å². The molecular weight excluding hydrogens is 639 g/mol. The summed E-state index contributed by atoms with van der Waals surface area (Å²) in [5.41, 5.74) is 4.58. The van der Waals surface area contributed by atoms with E-state index in [9.17, 15) is 29.0 Å². The van der Waals surface area contributed by atoms with Gasteiger partial charge in [-0.3, -0.25) is 14.6 Å². The molecule has 0 saturated carbocycles. The van der Waals surface area contributed by atoms with Gasteiger partial charge in [0.2, 0.25) is 11.8 Å². The second-order valence-electron chi connectivity index (χ2n) is 12.8. The molecule has 0 aliphatic carbocycles. The number of methoxy groups -OCH3 is 1. The van der Waals surface area contributed by atoms with E-state index in [0.29, 0.717) is 43.5 Å². The number of phenols is 1. The van der Waals surface area contributed by atoms with E-state index in [0.717, 1.165) is 33.3 Å². The number of H-pyrrole nitrogens is 1. The second-order valence-corrected chi connectivity index (χ2v) is 12.8. The van der Waals surface area contributed by atoms with Gasteiger partial charge in [0.1, 0.15) is 11.6 Å². The molecule has 3 heterocycles. The van der Waals surface area contributed by atoms with Crippen molar-refractivity contribution >= 4 is 28.7 Å². The highest BCUT2D eigenvalue weighted by Gasteiger charge is 2.42. The van der Waals surface area contributed by atoms with E-state index >= 15 is 0 Å². The minimum atomic E-state index is -1.35. The van der Waals surface area contributed by atoms with Crippen molar-refractivity contribution in [2.45, 2.75) is 38.2 Å². The molecule has 2 aromatic heterocycles. The molecule has 0 radical (unpaired) electrons. The monoisotopic (exact) mass is 678 g/mol. The van der Waals surface area contributed by atoms with Gasteiger partial charge in [-0.25, -0.2) is 9.18 Å². The number of nitrogens with zero attached hydrogens (tertiary/aromatic N) is 2. The molecule has 0 bridgehead atoms. The van der Waals surface area contributed by atoms with Crippen LogP contribution < -0.4 is 5.32 Å². The Kier molecular flexibility index (Phi) is 10.2. The van der Waals surface area contributed by atoms with Crippen LogP contribution in [0, 0.1) is 11.2 Å². The fourth-order valence-electron chi connectivity index (χ4n) is 6.62. The van der Waals surface area contributed by atoms with E-state index < -0.39 is 17.5 Å². The predicted octanol–water partition coefficient (Wildman–Crippen LogP) is 5.18. The van der Waals surface area contributed by atoms with Crippen molar-refractivity contribution in [3.05, 3.63) is 108 Å². The van der Waals surface area contributed by atoms with Gasteiger partial charge >= 0.3 is 5.97 Å². The summed E-state index contributed by atoms with van der Waals surface area (Å²) < 4.78 is 18.2. The first kappa shape index (κ1) is 34.3. The second kappa shape index (κ2) is 14.9. The third-order valence-corrected chi connectivity index (χ3v) is 9.56. The number of phenolic OH excluding ortho intramolecular Hbond substituents is 1. The van der Waals surface area contributed by atoms with Gasteiger partial charge in [0.15, 0.2) is 6.10 Å². The van der Waals surface area contributed by atoms with Crippen LogP contribution in [-0.4, -0.2) is 75.7 Å². The van der Waals surface area contributed by atoms with Gasteiger partial charge in [-0.15, -0.1) is 0 Å². The van der Waals surface area contributed by atoms with Crippen molar-refractivity contribution in [3.8, 4) is 28.1 Å². The highest BCUT2D eigenvalue weighted by atomic mass is 19.1. The van der Waals surface area contributed by atoms with Crippen LogP contribution in [0.25, 0.3) is 33.3 Å². The largest absolute Gasteiger partial charge is 0.507 e. The number of likely N-dealkylation sites (tertiary alicyclic amines) is 1. The molecule has 2 amide bonds. The lowest BCUT2D eigenvalue weighted by atomic mass is 9.72. The Balaban J connectivity index is 1.10. The number of aromatic nitrogens is 2. The van der Waals surface area contributed by atoms with Gasteiger partial charge in [0.05, 0.1) is 36.4 Å². The van der Waals surface area contributed by atoms with Crippen LogP contribution in [0.4, 0.5) is 4.39 Å². The Morgan fingerprint density at radius 3 is 2.40 bits per heavy atom. The summed E-state index contributed by atoms with van der Waals surface area (Å²) in [6, 6.07) is 23.1. The maximum absolute atomic E-state index is 13.6. The molecular formula is C39H39FN4O6. The van der Waals surface area contributed by atoms with Crippen LogP contribution in [0.15, 0.2) is 91.3 Å². The number of pyridine rings is 1. The fraction of sp³-hybridized carbons (Fsp3) is 0.282. The maximum Gasteiger partial charge on any atom is 0.334 e. The average molecular weight is 679 g/mol. The number of halogens is 1. The number of benzene rings is 3. The van der Waals surface area contributed by atoms with Gasteiger partial charge < -0.3 is 30.2 Å². The summed E-state index contributed by atoms with van der Waals surface area (Å²) in [5.74, 6) is -1.29. The third-order valence-electron chi connectivity index (χ3n) is 9.56. The van der Waals surface area contributed by atoms with Crippen molar-refractivity contribution < 1.29 is 33.7 Å².